The summed E-state index contributed by atoms with van der Waals surface area (Å²) >= 11 is 0. The van der Waals surface area contributed by atoms with Crippen LogP contribution in [-0.4, -0.2) is 54.2 Å². The molecule has 0 saturated heterocycles. The van der Waals surface area contributed by atoms with Crippen LogP contribution in [0.5, 0.6) is 0 Å². The van der Waals surface area contributed by atoms with Crippen LogP contribution in [-0.2, 0) is 20.7 Å². The number of aliphatic carboxylic acids is 1. The number of nitrogens with zero attached hydrogens (tertiary/aromatic N) is 1. The number of hydrogen-bond donors (Lipinski definition) is 2. The summed E-state index contributed by atoms with van der Waals surface area (Å²) in [5, 5.41) is 13.0. The van der Waals surface area contributed by atoms with Crippen molar-refractivity contribution in [3.8, 4) is 11.1 Å². The summed E-state index contributed by atoms with van der Waals surface area (Å²) in [5.41, 5.74) is 3.87. The Bertz CT molecular complexity index is 1180. The van der Waals surface area contributed by atoms with Crippen molar-refractivity contribution in [2.24, 2.45) is 5.92 Å². The molecule has 0 fully saturated rings. The van der Waals surface area contributed by atoms with Crippen LogP contribution in [0.4, 0.5) is 4.79 Å². The number of carboxylic acid groups (broad SMARTS) is 1. The number of nitrogens with one attached hydrogen (secondary N) is 1. The van der Waals surface area contributed by atoms with Crippen LogP contribution in [0.1, 0.15) is 37.3 Å². The van der Waals surface area contributed by atoms with Crippen molar-refractivity contribution in [3.63, 3.8) is 0 Å². The highest BCUT2D eigenvalue weighted by Gasteiger charge is 2.33. The Morgan fingerprint density at radius 3 is 2.00 bits per heavy atom. The fourth-order valence-electron chi connectivity index (χ4n) is 4.45. The number of esters is 1. The molecule has 0 aliphatic carbocycles. The molecular formula is C31H36N2O5. The molecule has 7 nitrogen and oxygen atoms in total. The smallest absolute Gasteiger partial charge is 0.326 e. The summed E-state index contributed by atoms with van der Waals surface area (Å²) in [6.07, 6.45) is 0.456. The fraction of sp³-hybridized carbons (Fsp3) is 0.323. The molecule has 38 heavy (non-hydrogen) atoms. The SMILES string of the molecule is COC(=O)CCN(CC(C)C)C(=O)N[C@H](C(=O)O)C(Cc1ccccc1)c1ccc(-c2ccccc2)cc1. The van der Waals surface area contributed by atoms with Crippen molar-refractivity contribution in [1.82, 2.24) is 10.2 Å². The molecule has 0 bridgehead atoms. The van der Waals surface area contributed by atoms with Crippen LogP contribution in [0, 0.1) is 5.92 Å². The van der Waals surface area contributed by atoms with Gasteiger partial charge in [0.25, 0.3) is 0 Å². The van der Waals surface area contributed by atoms with Crippen molar-refractivity contribution in [1.29, 1.82) is 0 Å². The summed E-state index contributed by atoms with van der Waals surface area (Å²) in [5.74, 6) is -1.94. The number of rotatable bonds is 12. The van der Waals surface area contributed by atoms with Crippen LogP contribution < -0.4 is 5.32 Å². The largest absolute Gasteiger partial charge is 0.480 e. The van der Waals surface area contributed by atoms with Gasteiger partial charge in [0.2, 0.25) is 0 Å². The van der Waals surface area contributed by atoms with E-state index >= 15 is 0 Å². The van der Waals surface area contributed by atoms with Crippen LogP contribution in [0.3, 0.4) is 0 Å². The van der Waals surface area contributed by atoms with Gasteiger partial charge in [-0.15, -0.1) is 0 Å². The highest BCUT2D eigenvalue weighted by Crippen LogP contribution is 2.28. The van der Waals surface area contributed by atoms with E-state index in [1.165, 1.54) is 12.0 Å². The van der Waals surface area contributed by atoms with Crippen molar-refractivity contribution in [2.75, 3.05) is 20.2 Å². The summed E-state index contributed by atoms with van der Waals surface area (Å²) in [6, 6.07) is 25.7. The summed E-state index contributed by atoms with van der Waals surface area (Å²) < 4.78 is 4.72. The van der Waals surface area contributed by atoms with Gasteiger partial charge in [-0.2, -0.15) is 0 Å². The molecular weight excluding hydrogens is 480 g/mol. The number of carbonyl (C=O) groups is 3. The van der Waals surface area contributed by atoms with Crippen molar-refractivity contribution < 1.29 is 24.2 Å². The predicted molar refractivity (Wildman–Crippen MR) is 148 cm³/mol. The lowest BCUT2D eigenvalue weighted by Gasteiger charge is -2.30. The van der Waals surface area contributed by atoms with Gasteiger partial charge in [-0.3, -0.25) is 4.79 Å². The van der Waals surface area contributed by atoms with Crippen LogP contribution in [0.25, 0.3) is 11.1 Å². The van der Waals surface area contributed by atoms with Crippen LogP contribution in [0.2, 0.25) is 0 Å². The molecule has 3 aromatic rings. The van der Waals surface area contributed by atoms with Gasteiger partial charge in [0, 0.05) is 19.0 Å². The minimum absolute atomic E-state index is 0.0305. The van der Waals surface area contributed by atoms with Crippen molar-refractivity contribution in [2.45, 2.75) is 38.6 Å². The van der Waals surface area contributed by atoms with Gasteiger partial charge in [0.15, 0.2) is 0 Å². The molecule has 0 saturated carbocycles. The van der Waals surface area contributed by atoms with Gasteiger partial charge in [-0.05, 0) is 34.6 Å². The van der Waals surface area contributed by atoms with Crippen LogP contribution >= 0.6 is 0 Å². The zero-order valence-corrected chi connectivity index (χ0v) is 22.2. The molecule has 0 spiro atoms. The zero-order chi connectivity index (χ0) is 27.5. The van der Waals surface area contributed by atoms with E-state index in [-0.39, 0.29) is 18.9 Å². The normalized spacial score (nSPS) is 12.4. The van der Waals surface area contributed by atoms with Gasteiger partial charge < -0.3 is 20.1 Å². The lowest BCUT2D eigenvalue weighted by molar-refractivity contribution is -0.141. The van der Waals surface area contributed by atoms with E-state index < -0.39 is 29.9 Å². The lowest BCUT2D eigenvalue weighted by Crippen LogP contribution is -2.52. The third-order valence-corrected chi connectivity index (χ3v) is 6.38. The maximum absolute atomic E-state index is 13.3. The minimum Gasteiger partial charge on any atom is -0.480 e. The summed E-state index contributed by atoms with van der Waals surface area (Å²) in [6.45, 7) is 4.43. The van der Waals surface area contributed by atoms with E-state index in [9.17, 15) is 19.5 Å². The first-order valence-corrected chi connectivity index (χ1v) is 12.8. The second kappa shape index (κ2) is 14.0. The molecule has 7 heteroatoms. The second-order valence-corrected chi connectivity index (χ2v) is 9.72. The number of methoxy groups -OCH3 is 1. The molecule has 3 rings (SSSR count). The number of carbonyl (C=O) groups excluding carboxylic acids is 2. The Labute approximate surface area is 224 Å². The summed E-state index contributed by atoms with van der Waals surface area (Å²) in [4.78, 5) is 39.1. The van der Waals surface area contributed by atoms with E-state index in [1.54, 1.807) is 0 Å². The topological polar surface area (TPSA) is 95.9 Å². The maximum Gasteiger partial charge on any atom is 0.326 e. The minimum atomic E-state index is -1.18. The van der Waals surface area contributed by atoms with Gasteiger partial charge in [-0.25, -0.2) is 9.59 Å². The molecule has 0 radical (unpaired) electrons. The van der Waals surface area contributed by atoms with Crippen molar-refractivity contribution in [3.05, 3.63) is 96.1 Å². The number of urea groups is 1. The van der Waals surface area contributed by atoms with Crippen LogP contribution in [0.15, 0.2) is 84.9 Å². The second-order valence-electron chi connectivity index (χ2n) is 9.72. The van der Waals surface area contributed by atoms with E-state index in [0.29, 0.717) is 13.0 Å². The zero-order valence-electron chi connectivity index (χ0n) is 22.2. The number of carboxylic acids is 1. The summed E-state index contributed by atoms with van der Waals surface area (Å²) in [7, 11) is 1.30. The molecule has 1 unspecified atom stereocenters. The first kappa shape index (κ1) is 28.4. The first-order chi connectivity index (χ1) is 18.3. The Morgan fingerprint density at radius 1 is 0.868 bits per heavy atom. The molecule has 0 heterocycles. The lowest BCUT2D eigenvalue weighted by atomic mass is 9.85. The number of hydrogen-bond acceptors (Lipinski definition) is 4. The Hall–Kier alpha value is -4.13. The number of benzene rings is 3. The van der Waals surface area contributed by atoms with Gasteiger partial charge in [0.05, 0.1) is 13.5 Å². The van der Waals surface area contributed by atoms with E-state index in [2.05, 4.69) is 5.32 Å². The molecule has 200 valence electrons. The van der Waals surface area contributed by atoms with E-state index in [0.717, 1.165) is 22.3 Å². The Kier molecular flexibility index (Phi) is 10.5. The third-order valence-electron chi connectivity index (χ3n) is 6.38. The molecule has 2 atom stereocenters. The number of ether oxygens (including phenoxy) is 1. The average Bonchev–Trinajstić information content (AvgIpc) is 2.93. The van der Waals surface area contributed by atoms with E-state index in [4.69, 9.17) is 4.74 Å². The maximum atomic E-state index is 13.3. The molecule has 0 aliphatic rings. The average molecular weight is 517 g/mol. The third kappa shape index (κ3) is 8.20. The van der Waals surface area contributed by atoms with Crippen molar-refractivity contribution >= 4 is 18.0 Å². The first-order valence-electron chi connectivity index (χ1n) is 12.8. The Balaban J connectivity index is 1.91. The quantitative estimate of drug-likeness (QED) is 0.316. The molecule has 3 aromatic carbocycles. The fourth-order valence-corrected chi connectivity index (χ4v) is 4.45. The van der Waals surface area contributed by atoms with Gasteiger partial charge in [-0.1, -0.05) is 98.8 Å². The van der Waals surface area contributed by atoms with Gasteiger partial charge >= 0.3 is 18.0 Å². The standard InChI is InChI=1S/C31H36N2O5/c1-22(2)21-33(19-18-28(34)38-3)31(37)32-29(30(35)36)27(20-23-10-6-4-7-11-23)26-16-14-25(15-17-26)24-12-8-5-9-13-24/h4-17,22,27,29H,18-21H2,1-3H3,(H,32,37)(H,35,36)/t27?,29-/m0/s1. The number of amides is 2. The van der Waals surface area contributed by atoms with Gasteiger partial charge in [0.1, 0.15) is 6.04 Å². The van der Waals surface area contributed by atoms with E-state index in [1.807, 2.05) is 98.8 Å². The molecule has 2 N–H and O–H groups in total. The molecule has 2 amide bonds. The molecule has 0 aromatic heterocycles. The molecule has 0 aliphatic heterocycles. The predicted octanol–water partition coefficient (Wildman–Crippen LogP) is 5.36. The highest BCUT2D eigenvalue weighted by molar-refractivity contribution is 5.84. The monoisotopic (exact) mass is 516 g/mol. The highest BCUT2D eigenvalue weighted by atomic mass is 16.5. The Morgan fingerprint density at radius 2 is 1.45 bits per heavy atom.